The second kappa shape index (κ2) is 8.82. The molecule has 0 radical (unpaired) electrons. The van der Waals surface area contributed by atoms with Crippen LogP contribution in [-0.2, 0) is 20.4 Å². The summed E-state index contributed by atoms with van der Waals surface area (Å²) in [6.45, 7) is 17.5. The lowest BCUT2D eigenvalue weighted by Crippen LogP contribution is -2.25. The highest BCUT2D eigenvalue weighted by Crippen LogP contribution is 2.42. The third-order valence-electron chi connectivity index (χ3n) is 5.04. The number of carbonyl (C=O) groups excluding carboxylic acids is 1. The molecule has 0 aliphatic rings. The highest BCUT2D eigenvalue weighted by molar-refractivity contribution is 6.05. The van der Waals surface area contributed by atoms with Crippen LogP contribution in [0.5, 0.6) is 5.75 Å². The second-order valence-corrected chi connectivity index (χ2v) is 11.1. The SMILES string of the molecule is CC(C)(C)OC(=O)C(C#N)=C(c1ccccc1)c1cc(C(C)(C)C)c(O)c(C(C)(C)C)c1. The zero-order valence-electron chi connectivity index (χ0n) is 20.8. The Morgan fingerprint density at radius 2 is 1.31 bits per heavy atom. The lowest BCUT2D eigenvalue weighted by molar-refractivity contribution is -0.149. The fourth-order valence-corrected chi connectivity index (χ4v) is 3.52. The highest BCUT2D eigenvalue weighted by Gasteiger charge is 2.30. The molecule has 2 aromatic carbocycles. The van der Waals surface area contributed by atoms with Crippen LogP contribution < -0.4 is 0 Å². The van der Waals surface area contributed by atoms with E-state index >= 15 is 0 Å². The summed E-state index contributed by atoms with van der Waals surface area (Å²) in [7, 11) is 0. The molecule has 0 unspecified atom stereocenters. The Hall–Kier alpha value is -3.06. The molecule has 4 heteroatoms. The molecule has 0 aliphatic heterocycles. The van der Waals surface area contributed by atoms with Gasteiger partial charge in [-0.3, -0.25) is 0 Å². The third kappa shape index (κ3) is 5.79. The first-order chi connectivity index (χ1) is 14.6. The van der Waals surface area contributed by atoms with E-state index in [0.717, 1.165) is 16.7 Å². The number of ether oxygens (including phenoxy) is 1. The topological polar surface area (TPSA) is 70.3 Å². The summed E-state index contributed by atoms with van der Waals surface area (Å²) in [6, 6.07) is 15.2. The predicted molar refractivity (Wildman–Crippen MR) is 129 cm³/mol. The van der Waals surface area contributed by atoms with Crippen LogP contribution in [-0.4, -0.2) is 16.7 Å². The van der Waals surface area contributed by atoms with E-state index in [9.17, 15) is 15.2 Å². The van der Waals surface area contributed by atoms with Crippen LogP contribution in [0, 0.1) is 11.3 Å². The fourth-order valence-electron chi connectivity index (χ4n) is 3.52. The van der Waals surface area contributed by atoms with Crippen LogP contribution in [0.4, 0.5) is 0 Å². The zero-order valence-corrected chi connectivity index (χ0v) is 20.8. The number of benzene rings is 2. The van der Waals surface area contributed by atoms with Gasteiger partial charge in [0.1, 0.15) is 23.0 Å². The molecule has 2 aromatic rings. The van der Waals surface area contributed by atoms with E-state index in [-0.39, 0.29) is 22.2 Å². The number of phenols is 1. The maximum Gasteiger partial charge on any atom is 0.350 e. The fraction of sp³-hybridized carbons (Fsp3) is 0.429. The molecule has 0 saturated carbocycles. The maximum atomic E-state index is 13.1. The van der Waals surface area contributed by atoms with Crippen LogP contribution in [0.1, 0.15) is 84.6 Å². The molecule has 2 rings (SSSR count). The molecule has 0 amide bonds. The van der Waals surface area contributed by atoms with E-state index in [0.29, 0.717) is 11.1 Å². The molecule has 0 fully saturated rings. The van der Waals surface area contributed by atoms with Crippen LogP contribution in [0.3, 0.4) is 0 Å². The standard InChI is InChI=1S/C28H35NO3/c1-26(2,3)21-15-19(16-22(24(21)30)27(4,5)6)23(18-13-11-10-12-14-18)20(17-29)25(31)32-28(7,8)9/h10-16,30H,1-9H3. The van der Waals surface area contributed by atoms with Gasteiger partial charge in [0.15, 0.2) is 0 Å². The molecule has 0 spiro atoms. The number of nitrogens with zero attached hydrogens (tertiary/aromatic N) is 1. The van der Waals surface area contributed by atoms with Gasteiger partial charge in [-0.2, -0.15) is 5.26 Å². The molecule has 0 atom stereocenters. The molecule has 1 N–H and O–H groups in total. The van der Waals surface area contributed by atoms with Gasteiger partial charge in [-0.05, 0) is 54.9 Å². The van der Waals surface area contributed by atoms with Gasteiger partial charge in [-0.25, -0.2) is 4.79 Å². The lowest BCUT2D eigenvalue weighted by Gasteiger charge is -2.29. The Kier molecular flexibility index (Phi) is 6.95. The quantitative estimate of drug-likeness (QED) is 0.334. The summed E-state index contributed by atoms with van der Waals surface area (Å²) in [6.07, 6.45) is 0. The lowest BCUT2D eigenvalue weighted by atomic mass is 9.77. The molecule has 0 aliphatic carbocycles. The molecular formula is C28H35NO3. The first-order valence-corrected chi connectivity index (χ1v) is 10.9. The largest absolute Gasteiger partial charge is 0.507 e. The van der Waals surface area contributed by atoms with Crippen molar-refractivity contribution in [2.24, 2.45) is 0 Å². The highest BCUT2D eigenvalue weighted by atomic mass is 16.6. The second-order valence-electron chi connectivity index (χ2n) is 11.1. The molecule has 32 heavy (non-hydrogen) atoms. The summed E-state index contributed by atoms with van der Waals surface area (Å²) in [5, 5.41) is 21.2. The maximum absolute atomic E-state index is 13.1. The predicted octanol–water partition coefficient (Wildman–Crippen LogP) is 6.65. The zero-order chi connectivity index (χ0) is 24.5. The van der Waals surface area contributed by atoms with Gasteiger partial charge >= 0.3 is 5.97 Å². The molecule has 4 nitrogen and oxygen atoms in total. The molecule has 0 bridgehead atoms. The van der Waals surface area contributed by atoms with E-state index in [4.69, 9.17) is 4.74 Å². The molecule has 0 aromatic heterocycles. The van der Waals surface area contributed by atoms with Crippen molar-refractivity contribution < 1.29 is 14.6 Å². The van der Waals surface area contributed by atoms with Crippen molar-refractivity contribution in [3.8, 4) is 11.8 Å². The van der Waals surface area contributed by atoms with Crippen molar-refractivity contribution in [3.63, 3.8) is 0 Å². The minimum absolute atomic E-state index is 0.0588. The monoisotopic (exact) mass is 433 g/mol. The van der Waals surface area contributed by atoms with Crippen molar-refractivity contribution >= 4 is 11.5 Å². The van der Waals surface area contributed by atoms with Gasteiger partial charge in [-0.15, -0.1) is 0 Å². The van der Waals surface area contributed by atoms with Crippen LogP contribution in [0.25, 0.3) is 5.57 Å². The van der Waals surface area contributed by atoms with Crippen molar-refractivity contribution in [1.82, 2.24) is 0 Å². The number of carbonyl (C=O) groups is 1. The smallest absolute Gasteiger partial charge is 0.350 e. The molecular weight excluding hydrogens is 398 g/mol. The van der Waals surface area contributed by atoms with E-state index in [1.165, 1.54) is 0 Å². The number of hydrogen-bond acceptors (Lipinski definition) is 4. The van der Waals surface area contributed by atoms with Crippen LogP contribution in [0.15, 0.2) is 48.0 Å². The molecule has 170 valence electrons. The summed E-state index contributed by atoms with van der Waals surface area (Å²) in [4.78, 5) is 13.1. The Bertz CT molecular complexity index is 1030. The average Bonchev–Trinajstić information content (AvgIpc) is 2.63. The Morgan fingerprint density at radius 1 is 0.844 bits per heavy atom. The molecule has 0 heterocycles. The third-order valence-corrected chi connectivity index (χ3v) is 5.04. The number of phenolic OH excluding ortho intramolecular Hbond substituents is 1. The average molecular weight is 434 g/mol. The van der Waals surface area contributed by atoms with Crippen molar-refractivity contribution in [1.29, 1.82) is 5.26 Å². The van der Waals surface area contributed by atoms with E-state index < -0.39 is 11.6 Å². The van der Waals surface area contributed by atoms with Gasteiger partial charge < -0.3 is 9.84 Å². The van der Waals surface area contributed by atoms with Gasteiger partial charge in [0.05, 0.1) is 0 Å². The summed E-state index contributed by atoms with van der Waals surface area (Å²) >= 11 is 0. The minimum atomic E-state index is -0.733. The van der Waals surface area contributed by atoms with Gasteiger partial charge in [0.2, 0.25) is 0 Å². The number of esters is 1. The Morgan fingerprint density at radius 3 is 1.69 bits per heavy atom. The van der Waals surface area contributed by atoms with E-state index in [1.54, 1.807) is 20.8 Å². The van der Waals surface area contributed by atoms with Gasteiger partial charge in [0.25, 0.3) is 0 Å². The minimum Gasteiger partial charge on any atom is -0.507 e. The molecule has 0 saturated heterocycles. The first kappa shape index (κ1) is 25.2. The number of aromatic hydroxyl groups is 1. The van der Waals surface area contributed by atoms with Crippen molar-refractivity contribution in [2.45, 2.75) is 78.7 Å². The Labute approximate surface area is 192 Å². The van der Waals surface area contributed by atoms with E-state index in [2.05, 4.69) is 6.07 Å². The van der Waals surface area contributed by atoms with Gasteiger partial charge in [-0.1, -0.05) is 71.9 Å². The van der Waals surface area contributed by atoms with Crippen molar-refractivity contribution in [3.05, 3.63) is 70.3 Å². The summed E-state index contributed by atoms with van der Waals surface area (Å²) in [5.41, 5.74) is 1.97. The van der Waals surface area contributed by atoms with Crippen LogP contribution in [0.2, 0.25) is 0 Å². The Balaban J connectivity index is 2.99. The first-order valence-electron chi connectivity index (χ1n) is 10.9. The van der Waals surface area contributed by atoms with Gasteiger partial charge in [0, 0.05) is 16.7 Å². The van der Waals surface area contributed by atoms with Crippen molar-refractivity contribution in [2.75, 3.05) is 0 Å². The van der Waals surface area contributed by atoms with Crippen LogP contribution >= 0.6 is 0 Å². The summed E-state index contributed by atoms with van der Waals surface area (Å²) < 4.78 is 5.56. The number of hydrogen-bond donors (Lipinski definition) is 1. The van der Waals surface area contributed by atoms with E-state index in [1.807, 2.05) is 84.0 Å². The number of nitriles is 1. The number of rotatable bonds is 3. The normalized spacial score (nSPS) is 13.2. The summed E-state index contributed by atoms with van der Waals surface area (Å²) in [5.74, 6) is -0.418.